The Morgan fingerprint density at radius 3 is 3.00 bits per heavy atom. The highest BCUT2D eigenvalue weighted by Crippen LogP contribution is 2.19. The fourth-order valence-corrected chi connectivity index (χ4v) is 2.75. The molecule has 26 heavy (non-hydrogen) atoms. The zero-order chi connectivity index (χ0) is 18.7. The predicted octanol–water partition coefficient (Wildman–Crippen LogP) is 1.03. The molecule has 0 spiro atoms. The van der Waals surface area contributed by atoms with Crippen molar-refractivity contribution in [1.82, 2.24) is 25.6 Å². The lowest BCUT2D eigenvalue weighted by atomic mass is 10.2. The number of nitrogens with zero attached hydrogens (tertiary/aromatic N) is 3. The number of carbonyl (C=O) groups is 2. The van der Waals surface area contributed by atoms with E-state index in [2.05, 4.69) is 26.3 Å². The third-order valence-corrected chi connectivity index (χ3v) is 4.22. The molecular formula is C16H19FN6O3. The molecule has 2 aromatic rings. The van der Waals surface area contributed by atoms with Crippen molar-refractivity contribution in [2.24, 2.45) is 0 Å². The number of aliphatic carboxylic acids is 1. The number of carboxylic acid groups (broad SMARTS) is 1. The minimum Gasteiger partial charge on any atom is -0.480 e. The van der Waals surface area contributed by atoms with E-state index in [9.17, 15) is 14.0 Å². The van der Waals surface area contributed by atoms with E-state index in [0.29, 0.717) is 24.3 Å². The highest BCUT2D eigenvalue weighted by atomic mass is 19.1. The number of amides is 2. The van der Waals surface area contributed by atoms with E-state index in [4.69, 9.17) is 5.11 Å². The van der Waals surface area contributed by atoms with Crippen molar-refractivity contribution in [2.75, 3.05) is 11.9 Å². The number of nitrogens with one attached hydrogen (secondary N) is 3. The molecule has 0 unspecified atom stereocenters. The van der Waals surface area contributed by atoms with Gasteiger partial charge in [0.05, 0.1) is 18.8 Å². The molecule has 0 saturated carbocycles. The lowest BCUT2D eigenvalue weighted by molar-refractivity contribution is -0.139. The van der Waals surface area contributed by atoms with Gasteiger partial charge < -0.3 is 21.1 Å². The molecule has 1 aliphatic rings. The van der Waals surface area contributed by atoms with Gasteiger partial charge in [-0.15, -0.1) is 5.10 Å². The smallest absolute Gasteiger partial charge is 0.320 e. The van der Waals surface area contributed by atoms with Gasteiger partial charge in [0, 0.05) is 12.2 Å². The quantitative estimate of drug-likeness (QED) is 0.630. The summed E-state index contributed by atoms with van der Waals surface area (Å²) >= 11 is 0. The number of carboxylic acids is 1. The van der Waals surface area contributed by atoms with E-state index < -0.39 is 23.9 Å². The van der Waals surface area contributed by atoms with Crippen molar-refractivity contribution in [1.29, 1.82) is 0 Å². The molecule has 1 aromatic carbocycles. The first-order chi connectivity index (χ1) is 12.4. The summed E-state index contributed by atoms with van der Waals surface area (Å²) in [6.45, 7) is 2.40. The van der Waals surface area contributed by atoms with Crippen molar-refractivity contribution in [3.63, 3.8) is 0 Å². The number of halogens is 1. The van der Waals surface area contributed by atoms with Crippen molar-refractivity contribution < 1.29 is 19.1 Å². The van der Waals surface area contributed by atoms with Crippen LogP contribution in [0.4, 0.5) is 14.9 Å². The van der Waals surface area contributed by atoms with Crippen molar-refractivity contribution in [3.8, 4) is 0 Å². The minimum absolute atomic E-state index is 0.0962. The number of hydrogen-bond donors (Lipinski definition) is 4. The van der Waals surface area contributed by atoms with Gasteiger partial charge in [-0.2, -0.15) is 0 Å². The molecule has 4 N–H and O–H groups in total. The number of anilines is 1. The molecule has 9 nitrogen and oxygen atoms in total. The molecule has 0 radical (unpaired) electrons. The monoisotopic (exact) mass is 362 g/mol. The molecule has 2 heterocycles. The van der Waals surface area contributed by atoms with Crippen LogP contribution in [0.2, 0.25) is 0 Å². The topological polar surface area (TPSA) is 121 Å². The second-order valence-electron chi connectivity index (χ2n) is 6.15. The highest BCUT2D eigenvalue weighted by Gasteiger charge is 2.30. The van der Waals surface area contributed by atoms with E-state index in [-0.39, 0.29) is 12.6 Å². The standard InChI is InChI=1S/C16H19FN6O3/c1-9-2-3-10(17)4-13(9)20-16(26)19-6-11-8-23(22-21-11)12-5-14(15(24)25)18-7-12/h2-4,8,12,14,18H,5-7H2,1H3,(H,24,25)(H2,19,20,26)/t12-,14-/m0/s1. The van der Waals surface area contributed by atoms with Crippen LogP contribution < -0.4 is 16.0 Å². The second kappa shape index (κ2) is 7.48. The molecule has 2 amide bonds. The number of urea groups is 1. The Morgan fingerprint density at radius 1 is 1.46 bits per heavy atom. The molecular weight excluding hydrogens is 343 g/mol. The third kappa shape index (κ3) is 4.14. The molecule has 0 bridgehead atoms. The molecule has 1 aliphatic heterocycles. The first-order valence-corrected chi connectivity index (χ1v) is 8.10. The van der Waals surface area contributed by atoms with Gasteiger partial charge in [-0.1, -0.05) is 11.3 Å². The number of aryl methyl sites for hydroxylation is 1. The van der Waals surface area contributed by atoms with Gasteiger partial charge in [-0.25, -0.2) is 13.9 Å². The second-order valence-corrected chi connectivity index (χ2v) is 6.15. The summed E-state index contributed by atoms with van der Waals surface area (Å²) < 4.78 is 14.8. The van der Waals surface area contributed by atoms with Gasteiger partial charge >= 0.3 is 12.0 Å². The molecule has 138 valence electrons. The average molecular weight is 362 g/mol. The van der Waals surface area contributed by atoms with Crippen LogP contribution in [0.3, 0.4) is 0 Å². The van der Waals surface area contributed by atoms with E-state index in [1.807, 2.05) is 0 Å². The Labute approximate surface area is 148 Å². The van der Waals surface area contributed by atoms with Crippen molar-refractivity contribution in [2.45, 2.75) is 32.0 Å². The molecule has 10 heteroatoms. The van der Waals surface area contributed by atoms with Crippen LogP contribution in [0, 0.1) is 12.7 Å². The number of rotatable bonds is 5. The normalized spacial score (nSPS) is 19.3. The Kier molecular flexibility index (Phi) is 5.12. The fourth-order valence-electron chi connectivity index (χ4n) is 2.75. The van der Waals surface area contributed by atoms with Gasteiger partial charge in [0.2, 0.25) is 0 Å². The predicted molar refractivity (Wildman–Crippen MR) is 90.1 cm³/mol. The maximum absolute atomic E-state index is 13.2. The van der Waals surface area contributed by atoms with Crippen LogP contribution in [-0.4, -0.2) is 44.7 Å². The molecule has 1 aromatic heterocycles. The summed E-state index contributed by atoms with van der Waals surface area (Å²) in [5.74, 6) is -1.32. The fraction of sp³-hybridized carbons (Fsp3) is 0.375. The molecule has 1 saturated heterocycles. The van der Waals surface area contributed by atoms with Gasteiger partial charge in [0.25, 0.3) is 0 Å². The van der Waals surface area contributed by atoms with Crippen molar-refractivity contribution >= 4 is 17.7 Å². The molecule has 1 fully saturated rings. The number of aromatic nitrogens is 3. The Morgan fingerprint density at radius 2 is 2.27 bits per heavy atom. The van der Waals surface area contributed by atoms with Gasteiger partial charge in [-0.05, 0) is 31.0 Å². The first kappa shape index (κ1) is 17.8. The van der Waals surface area contributed by atoms with E-state index in [0.717, 1.165) is 5.56 Å². The number of benzene rings is 1. The largest absolute Gasteiger partial charge is 0.480 e. The zero-order valence-corrected chi connectivity index (χ0v) is 14.1. The van der Waals surface area contributed by atoms with Crippen LogP contribution in [0.25, 0.3) is 0 Å². The SMILES string of the molecule is Cc1ccc(F)cc1NC(=O)NCc1cn([C@@H]2CN[C@H](C(=O)O)C2)nn1. The Bertz CT molecular complexity index is 824. The Balaban J connectivity index is 1.52. The zero-order valence-electron chi connectivity index (χ0n) is 14.1. The third-order valence-electron chi connectivity index (χ3n) is 4.22. The van der Waals surface area contributed by atoms with Crippen LogP contribution in [0.5, 0.6) is 0 Å². The van der Waals surface area contributed by atoms with Crippen LogP contribution >= 0.6 is 0 Å². The average Bonchev–Trinajstić information content (AvgIpc) is 3.25. The minimum atomic E-state index is -0.890. The van der Waals surface area contributed by atoms with E-state index in [1.165, 1.54) is 12.1 Å². The van der Waals surface area contributed by atoms with E-state index >= 15 is 0 Å². The number of hydrogen-bond acceptors (Lipinski definition) is 5. The van der Waals surface area contributed by atoms with Crippen LogP contribution in [-0.2, 0) is 11.3 Å². The van der Waals surface area contributed by atoms with E-state index in [1.54, 1.807) is 23.9 Å². The highest BCUT2D eigenvalue weighted by molar-refractivity contribution is 5.89. The summed E-state index contributed by atoms with van der Waals surface area (Å²) in [5, 5.41) is 25.1. The van der Waals surface area contributed by atoms with Crippen LogP contribution in [0.15, 0.2) is 24.4 Å². The van der Waals surface area contributed by atoms with Crippen LogP contribution in [0.1, 0.15) is 23.7 Å². The summed E-state index contributed by atoms with van der Waals surface area (Å²) in [7, 11) is 0. The molecule has 2 atom stereocenters. The summed E-state index contributed by atoms with van der Waals surface area (Å²) in [5.41, 5.74) is 1.67. The van der Waals surface area contributed by atoms with Crippen molar-refractivity contribution in [3.05, 3.63) is 41.5 Å². The lowest BCUT2D eigenvalue weighted by Gasteiger charge is -2.09. The lowest BCUT2D eigenvalue weighted by Crippen LogP contribution is -2.29. The summed E-state index contributed by atoms with van der Waals surface area (Å²) in [6.07, 6.45) is 2.09. The Hall–Kier alpha value is -3.01. The number of carbonyl (C=O) groups excluding carboxylic acids is 1. The summed E-state index contributed by atoms with van der Waals surface area (Å²) in [4.78, 5) is 22.9. The maximum Gasteiger partial charge on any atom is 0.320 e. The van der Waals surface area contributed by atoms with Gasteiger partial charge in [0.1, 0.15) is 17.6 Å². The molecule has 0 aliphatic carbocycles. The maximum atomic E-state index is 13.2. The van der Waals surface area contributed by atoms with Gasteiger partial charge in [-0.3, -0.25) is 4.79 Å². The van der Waals surface area contributed by atoms with Gasteiger partial charge in [0.15, 0.2) is 0 Å². The first-order valence-electron chi connectivity index (χ1n) is 8.10. The summed E-state index contributed by atoms with van der Waals surface area (Å²) in [6, 6.07) is 2.98. The molecule has 3 rings (SSSR count).